The van der Waals surface area contributed by atoms with Gasteiger partial charge in [0.25, 0.3) is 0 Å². The third-order valence-corrected chi connectivity index (χ3v) is 8.39. The van der Waals surface area contributed by atoms with Crippen molar-refractivity contribution in [3.63, 3.8) is 0 Å². The summed E-state index contributed by atoms with van der Waals surface area (Å²) < 4.78 is 268. The summed E-state index contributed by atoms with van der Waals surface area (Å²) in [5.74, 6) is 0. The SMILES string of the molecule is [2H]c1c([2H])c([2H])c2c(c1[2H])-c1c([2H])c([2H])c(-c3c4c([2H])c([2H])c([2H])c([2H])c4c(-c4c([2H])c([2H])c(-c5c([2H])c([2H])c6oc7c([2H])c([2H])c([2H])c([2H])c7c6c5[2H])c([2H])c4[2H])c4c([2H])c([2H])c([2H])c([2H])c34)c([2H])c1C2(C)C([2H])([2H])[2H]. The van der Waals surface area contributed by atoms with E-state index in [1.54, 1.807) is 0 Å². The van der Waals surface area contributed by atoms with Crippen molar-refractivity contribution in [2.45, 2.75) is 19.2 Å². The molecule has 8 aromatic carbocycles. The van der Waals surface area contributed by atoms with Crippen LogP contribution < -0.4 is 0 Å². The molecule has 1 atom stereocenters. The van der Waals surface area contributed by atoms with E-state index in [1.165, 1.54) is 0 Å². The van der Waals surface area contributed by atoms with Crippen molar-refractivity contribution >= 4 is 43.5 Å². The van der Waals surface area contributed by atoms with Crippen LogP contribution >= 0.6 is 0 Å². The molecule has 0 saturated heterocycles. The average molecular weight is 642 g/mol. The first-order valence-electron chi connectivity index (χ1n) is 28.9. The number of benzene rings is 8. The van der Waals surface area contributed by atoms with E-state index >= 15 is 0 Å². The number of furan rings is 1. The van der Waals surface area contributed by atoms with Crippen LogP contribution in [0.15, 0.2) is 162 Å². The molecule has 48 heavy (non-hydrogen) atoms. The van der Waals surface area contributed by atoms with E-state index in [9.17, 15) is 16.4 Å². The summed E-state index contributed by atoms with van der Waals surface area (Å²) in [5.41, 5.74) is -10.8. The molecule has 0 aliphatic heterocycles. The monoisotopic (exact) mass is 641 g/mol. The molecule has 0 fully saturated rings. The Bertz CT molecular complexity index is 4230. The summed E-state index contributed by atoms with van der Waals surface area (Å²) in [6, 6.07) is -24.4. The Morgan fingerprint density at radius 3 is 1.67 bits per heavy atom. The lowest BCUT2D eigenvalue weighted by atomic mass is 9.80. The standard InChI is InChI=1S/C47H32O/c1-47(2)41-17-9-7-11-33(41)34-25-23-32(28-42(34)47)46-38-15-5-3-13-36(38)45(37-14-4-6-16-39(37)46)30-21-19-29(20-22-30)31-24-26-44-40(27-31)35-12-8-10-18-43(35)48-44/h3-28H,1-2H3/i1D3,3D,4D,5D,6D,7D,8D,9D,10D,11D,12D,13D,14D,15D,16D,17D,18D,19D,20D,21D,22D,23D,24D,25D,26D,27D,28D. The minimum absolute atomic E-state index is 0.398. The smallest absolute Gasteiger partial charge is 0.135 e. The van der Waals surface area contributed by atoms with Crippen LogP contribution in [0.5, 0.6) is 0 Å². The van der Waals surface area contributed by atoms with Crippen molar-refractivity contribution in [1.82, 2.24) is 0 Å². The van der Waals surface area contributed by atoms with Gasteiger partial charge in [-0.25, -0.2) is 0 Å². The topological polar surface area (TPSA) is 13.1 Å². The molecule has 10 rings (SSSR count). The van der Waals surface area contributed by atoms with Crippen molar-refractivity contribution in [1.29, 1.82) is 0 Å². The van der Waals surface area contributed by atoms with E-state index in [-0.39, 0.29) is 0 Å². The molecule has 0 radical (unpaired) electrons. The highest BCUT2D eigenvalue weighted by Crippen LogP contribution is 2.51. The molecule has 0 saturated carbocycles. The molecule has 1 nitrogen and oxygen atoms in total. The second-order valence-electron chi connectivity index (χ2n) is 11.1. The number of fused-ring (bicyclic) bond motifs is 8. The Labute approximate surface area is 320 Å². The Morgan fingerprint density at radius 2 is 0.958 bits per heavy atom. The highest BCUT2D eigenvalue weighted by atomic mass is 16.3. The predicted molar refractivity (Wildman–Crippen MR) is 203 cm³/mol. The van der Waals surface area contributed by atoms with Gasteiger partial charge in [0, 0.05) is 20.3 Å². The Morgan fingerprint density at radius 1 is 0.438 bits per heavy atom. The molecule has 1 aromatic heterocycles. The van der Waals surface area contributed by atoms with Gasteiger partial charge in [0.2, 0.25) is 0 Å². The second kappa shape index (κ2) is 10.0. The summed E-state index contributed by atoms with van der Waals surface area (Å²) in [5, 5.41) is -4.00. The predicted octanol–water partition coefficient (Wildman–Crippen LogP) is 13.2. The maximum Gasteiger partial charge on any atom is 0.135 e. The number of para-hydroxylation sites is 1. The lowest BCUT2D eigenvalue weighted by molar-refractivity contribution is 0.660. The van der Waals surface area contributed by atoms with E-state index in [0.717, 1.165) is 6.92 Å². The first kappa shape index (κ1) is 11.1. The largest absolute Gasteiger partial charge is 0.456 e. The molecular weight excluding hydrogens is 581 g/mol. The van der Waals surface area contributed by atoms with Crippen LogP contribution in [0.4, 0.5) is 0 Å². The van der Waals surface area contributed by atoms with Gasteiger partial charge < -0.3 is 4.42 Å². The van der Waals surface area contributed by atoms with Crippen molar-refractivity contribution < 1.29 is 44.2 Å². The quantitative estimate of drug-likeness (QED) is 0.175. The molecule has 9 aromatic rings. The fourth-order valence-electron chi connectivity index (χ4n) is 6.21. The van der Waals surface area contributed by atoms with Gasteiger partial charge in [0.05, 0.1) is 35.6 Å². The van der Waals surface area contributed by atoms with Crippen molar-refractivity contribution in [2.75, 3.05) is 0 Å². The van der Waals surface area contributed by atoms with Crippen LogP contribution in [0.3, 0.4) is 0 Å². The van der Waals surface area contributed by atoms with Crippen LogP contribution in [0, 0.1) is 0 Å². The molecule has 1 heteroatoms. The van der Waals surface area contributed by atoms with Gasteiger partial charge in [-0.3, -0.25) is 0 Å². The molecule has 1 aliphatic rings. The zero-order valence-electron chi connectivity index (χ0n) is 53.4. The van der Waals surface area contributed by atoms with Gasteiger partial charge in [-0.1, -0.05) is 147 Å². The number of hydrogen-bond donors (Lipinski definition) is 0. The Kier molecular flexibility index (Phi) is 2.32. The average Bonchev–Trinajstić information content (AvgIpc) is 4.04. The van der Waals surface area contributed by atoms with Crippen LogP contribution in [0.25, 0.3) is 88.0 Å². The summed E-state index contributed by atoms with van der Waals surface area (Å²) in [7, 11) is 0. The van der Waals surface area contributed by atoms with E-state index in [4.69, 9.17) is 27.7 Å². The van der Waals surface area contributed by atoms with Gasteiger partial charge in [-0.2, -0.15) is 0 Å². The molecule has 0 amide bonds. The summed E-state index contributed by atoms with van der Waals surface area (Å²) >= 11 is 0. The molecule has 1 unspecified atom stereocenters. The molecule has 1 aliphatic carbocycles. The lowest BCUT2D eigenvalue weighted by Crippen LogP contribution is -2.14. The van der Waals surface area contributed by atoms with Gasteiger partial charge in [-0.15, -0.1) is 0 Å². The Hall–Kier alpha value is -5.92. The fourth-order valence-corrected chi connectivity index (χ4v) is 6.21. The maximum atomic E-state index is 9.93. The first-order chi connectivity index (χ1) is 35.7. The fraction of sp³-hybridized carbons (Fsp3) is 0.0638. The molecule has 0 spiro atoms. The minimum Gasteiger partial charge on any atom is -0.456 e. The normalized spacial score (nSPS) is 24.1. The molecule has 0 bridgehead atoms. The maximum absolute atomic E-state index is 9.93. The van der Waals surface area contributed by atoms with Crippen molar-refractivity contribution in [3.05, 3.63) is 168 Å². The van der Waals surface area contributed by atoms with Gasteiger partial charge in [0.1, 0.15) is 11.2 Å². The summed E-state index contributed by atoms with van der Waals surface area (Å²) in [6.45, 7) is -2.28. The third-order valence-electron chi connectivity index (χ3n) is 8.39. The number of rotatable bonds is 3. The van der Waals surface area contributed by atoms with E-state index in [2.05, 4.69) is 0 Å². The lowest BCUT2D eigenvalue weighted by Gasteiger charge is -2.23. The van der Waals surface area contributed by atoms with Crippen LogP contribution in [0.1, 0.15) is 64.7 Å². The summed E-state index contributed by atoms with van der Waals surface area (Å²) in [6.07, 6.45) is 0. The highest BCUT2D eigenvalue weighted by molar-refractivity contribution is 6.21. The third kappa shape index (κ3) is 3.85. The molecule has 226 valence electrons. The molecule has 0 N–H and O–H groups in total. The van der Waals surface area contributed by atoms with E-state index < -0.39 is 268 Å². The number of hydrogen-bond acceptors (Lipinski definition) is 1. The molecule has 1 heterocycles. The first-order valence-corrected chi connectivity index (χ1v) is 14.4. The summed E-state index contributed by atoms with van der Waals surface area (Å²) in [4.78, 5) is 0. The highest BCUT2D eigenvalue weighted by Gasteiger charge is 2.35. The zero-order chi connectivity index (χ0) is 57.1. The van der Waals surface area contributed by atoms with Crippen LogP contribution in [-0.2, 0) is 5.41 Å². The molecular formula is C47H32O. The van der Waals surface area contributed by atoms with Crippen LogP contribution in [-0.4, -0.2) is 0 Å². The van der Waals surface area contributed by atoms with Gasteiger partial charge in [-0.05, 0) is 101 Å². The van der Waals surface area contributed by atoms with Gasteiger partial charge in [0.15, 0.2) is 0 Å². The van der Waals surface area contributed by atoms with E-state index in [0.29, 0.717) is 0 Å². The van der Waals surface area contributed by atoms with E-state index in [1.807, 2.05) is 0 Å². The van der Waals surface area contributed by atoms with Crippen molar-refractivity contribution in [3.8, 4) is 44.5 Å². The van der Waals surface area contributed by atoms with Crippen LogP contribution in [0.2, 0.25) is 0 Å². The van der Waals surface area contributed by atoms with Gasteiger partial charge >= 0.3 is 0 Å². The second-order valence-corrected chi connectivity index (χ2v) is 11.1. The Balaban J connectivity index is 1.42. The minimum atomic E-state index is -3.31. The van der Waals surface area contributed by atoms with Crippen molar-refractivity contribution in [2.24, 2.45) is 0 Å². The zero-order valence-corrected chi connectivity index (χ0v) is 24.4.